The Morgan fingerprint density at radius 1 is 1.39 bits per heavy atom. The lowest BCUT2D eigenvalue weighted by molar-refractivity contribution is -0.120. The maximum absolute atomic E-state index is 11.3. The van der Waals surface area contributed by atoms with Gasteiger partial charge in [-0.05, 0) is 24.5 Å². The van der Waals surface area contributed by atoms with Gasteiger partial charge < -0.3 is 4.74 Å². The fourth-order valence-corrected chi connectivity index (χ4v) is 1.82. The van der Waals surface area contributed by atoms with Gasteiger partial charge in [-0.25, -0.2) is 5.84 Å². The van der Waals surface area contributed by atoms with Crippen LogP contribution in [0.1, 0.15) is 37.8 Å². The van der Waals surface area contributed by atoms with Gasteiger partial charge in [-0.15, -0.1) is 0 Å². The number of amides is 1. The number of nitrogens with one attached hydrogen (secondary N) is 1. The Hall–Kier alpha value is -1.39. The molecule has 0 aliphatic carbocycles. The summed E-state index contributed by atoms with van der Waals surface area (Å²) in [5.41, 5.74) is 4.15. The van der Waals surface area contributed by atoms with Crippen LogP contribution in [0.4, 0.5) is 0 Å². The van der Waals surface area contributed by atoms with Gasteiger partial charge in [-0.2, -0.15) is 0 Å². The monoisotopic (exact) mass is 250 g/mol. The van der Waals surface area contributed by atoms with Gasteiger partial charge in [0.2, 0.25) is 5.91 Å². The summed E-state index contributed by atoms with van der Waals surface area (Å²) in [6.07, 6.45) is 2.69. The summed E-state index contributed by atoms with van der Waals surface area (Å²) in [4.78, 5) is 11.3. The van der Waals surface area contributed by atoms with Gasteiger partial charge in [-0.1, -0.05) is 37.6 Å². The molecule has 100 valence electrons. The summed E-state index contributed by atoms with van der Waals surface area (Å²) in [7, 11) is 0. The van der Waals surface area contributed by atoms with Crippen molar-refractivity contribution in [3.05, 3.63) is 35.4 Å². The van der Waals surface area contributed by atoms with Gasteiger partial charge in [0.05, 0.1) is 19.1 Å². The summed E-state index contributed by atoms with van der Waals surface area (Å²) in [6.45, 7) is 4.74. The fourth-order valence-electron chi connectivity index (χ4n) is 1.82. The van der Waals surface area contributed by atoms with E-state index in [4.69, 9.17) is 10.6 Å². The van der Waals surface area contributed by atoms with Gasteiger partial charge in [-0.3, -0.25) is 10.2 Å². The van der Waals surface area contributed by atoms with Crippen LogP contribution in [-0.2, 0) is 22.6 Å². The van der Waals surface area contributed by atoms with Crippen molar-refractivity contribution in [1.82, 2.24) is 5.43 Å². The molecule has 0 saturated heterocycles. The summed E-state index contributed by atoms with van der Waals surface area (Å²) < 4.78 is 5.76. The Morgan fingerprint density at radius 2 is 2.06 bits per heavy atom. The predicted molar refractivity (Wildman–Crippen MR) is 71.6 cm³/mol. The molecule has 0 aliphatic heterocycles. The lowest BCUT2D eigenvalue weighted by atomic mass is 10.0. The second-order valence-electron chi connectivity index (χ2n) is 4.42. The first kappa shape index (κ1) is 14.7. The third-order valence-electron chi connectivity index (χ3n) is 2.85. The van der Waals surface area contributed by atoms with Crippen molar-refractivity contribution in [3.63, 3.8) is 0 Å². The van der Waals surface area contributed by atoms with Crippen molar-refractivity contribution in [3.8, 4) is 0 Å². The van der Waals surface area contributed by atoms with Crippen LogP contribution in [-0.4, -0.2) is 12.0 Å². The van der Waals surface area contributed by atoms with E-state index in [0.29, 0.717) is 6.61 Å². The highest BCUT2D eigenvalue weighted by molar-refractivity contribution is 5.78. The minimum atomic E-state index is -0.191. The largest absolute Gasteiger partial charge is 0.374 e. The van der Waals surface area contributed by atoms with Crippen LogP contribution in [0, 0.1) is 0 Å². The second kappa shape index (κ2) is 7.84. The highest BCUT2D eigenvalue weighted by Gasteiger charge is 2.08. The highest BCUT2D eigenvalue weighted by Crippen LogP contribution is 2.13. The number of nitrogens with two attached hydrogens (primary N) is 1. The normalized spacial score (nSPS) is 12.2. The first-order valence-electron chi connectivity index (χ1n) is 6.35. The molecule has 1 aromatic carbocycles. The molecule has 1 amide bonds. The van der Waals surface area contributed by atoms with Gasteiger partial charge in [0.15, 0.2) is 0 Å². The number of carbonyl (C=O) groups is 1. The van der Waals surface area contributed by atoms with E-state index in [-0.39, 0.29) is 18.4 Å². The van der Waals surface area contributed by atoms with Gasteiger partial charge in [0, 0.05) is 0 Å². The number of hydrazine groups is 1. The number of hydrogen-bond acceptors (Lipinski definition) is 3. The molecule has 1 aromatic rings. The molecule has 0 radical (unpaired) electrons. The van der Waals surface area contributed by atoms with E-state index in [1.54, 1.807) is 0 Å². The van der Waals surface area contributed by atoms with Crippen molar-refractivity contribution in [2.45, 2.75) is 45.8 Å². The quantitative estimate of drug-likeness (QED) is 0.441. The SMILES string of the molecule is CCCC(C)OCc1ccccc1CC(=O)NN. The smallest absolute Gasteiger partial charge is 0.238 e. The molecule has 0 spiro atoms. The van der Waals surface area contributed by atoms with Crippen molar-refractivity contribution >= 4 is 5.91 Å². The Labute approximate surface area is 108 Å². The molecule has 0 aromatic heterocycles. The molecular weight excluding hydrogens is 228 g/mol. The average Bonchev–Trinajstić information content (AvgIpc) is 2.38. The molecule has 4 heteroatoms. The number of carbonyl (C=O) groups excluding carboxylic acids is 1. The van der Waals surface area contributed by atoms with Crippen LogP contribution in [0.15, 0.2) is 24.3 Å². The van der Waals surface area contributed by atoms with Gasteiger partial charge in [0.25, 0.3) is 0 Å². The van der Waals surface area contributed by atoms with E-state index >= 15 is 0 Å². The fraction of sp³-hybridized carbons (Fsp3) is 0.500. The van der Waals surface area contributed by atoms with E-state index in [2.05, 4.69) is 19.3 Å². The topological polar surface area (TPSA) is 64.3 Å². The molecule has 1 unspecified atom stereocenters. The minimum absolute atomic E-state index is 0.191. The molecule has 18 heavy (non-hydrogen) atoms. The highest BCUT2D eigenvalue weighted by atomic mass is 16.5. The minimum Gasteiger partial charge on any atom is -0.374 e. The zero-order valence-electron chi connectivity index (χ0n) is 11.1. The first-order valence-corrected chi connectivity index (χ1v) is 6.35. The molecule has 1 rings (SSSR count). The van der Waals surface area contributed by atoms with E-state index in [1.807, 2.05) is 24.3 Å². The second-order valence-corrected chi connectivity index (χ2v) is 4.42. The molecule has 3 N–H and O–H groups in total. The molecular formula is C14H22N2O2. The Balaban J connectivity index is 2.61. The van der Waals surface area contributed by atoms with Crippen LogP contribution >= 0.6 is 0 Å². The molecule has 4 nitrogen and oxygen atoms in total. The lowest BCUT2D eigenvalue weighted by Crippen LogP contribution is -2.31. The van der Waals surface area contributed by atoms with Gasteiger partial charge >= 0.3 is 0 Å². The van der Waals surface area contributed by atoms with Crippen LogP contribution in [0.5, 0.6) is 0 Å². The molecule has 0 bridgehead atoms. The van der Waals surface area contributed by atoms with Crippen LogP contribution in [0.2, 0.25) is 0 Å². The van der Waals surface area contributed by atoms with Crippen LogP contribution < -0.4 is 11.3 Å². The van der Waals surface area contributed by atoms with Crippen molar-refractivity contribution < 1.29 is 9.53 Å². The third kappa shape index (κ3) is 4.85. The number of benzene rings is 1. The van der Waals surface area contributed by atoms with E-state index in [1.165, 1.54) is 0 Å². The molecule has 0 heterocycles. The van der Waals surface area contributed by atoms with Crippen LogP contribution in [0.3, 0.4) is 0 Å². The maximum Gasteiger partial charge on any atom is 0.238 e. The summed E-state index contributed by atoms with van der Waals surface area (Å²) in [6, 6.07) is 7.78. The van der Waals surface area contributed by atoms with Crippen molar-refractivity contribution in [1.29, 1.82) is 0 Å². The number of ether oxygens (including phenoxy) is 1. The average molecular weight is 250 g/mol. The molecule has 1 atom stereocenters. The maximum atomic E-state index is 11.3. The van der Waals surface area contributed by atoms with Crippen LogP contribution in [0.25, 0.3) is 0 Å². The Morgan fingerprint density at radius 3 is 2.67 bits per heavy atom. The molecule has 0 saturated carbocycles. The standard InChI is InChI=1S/C14H22N2O2/c1-3-6-11(2)18-10-13-8-5-4-7-12(13)9-14(17)16-15/h4-5,7-8,11H,3,6,9-10,15H2,1-2H3,(H,16,17). The predicted octanol–water partition coefficient (Wildman–Crippen LogP) is 1.92. The van der Waals surface area contributed by atoms with Crippen molar-refractivity contribution in [2.75, 3.05) is 0 Å². The van der Waals surface area contributed by atoms with E-state index in [9.17, 15) is 4.79 Å². The Bertz CT molecular complexity index is 380. The molecule has 0 fully saturated rings. The number of rotatable bonds is 7. The van der Waals surface area contributed by atoms with E-state index < -0.39 is 0 Å². The molecule has 0 aliphatic rings. The van der Waals surface area contributed by atoms with Crippen molar-refractivity contribution in [2.24, 2.45) is 5.84 Å². The Kier molecular flexibility index (Phi) is 6.39. The zero-order chi connectivity index (χ0) is 13.4. The summed E-state index contributed by atoms with van der Waals surface area (Å²) >= 11 is 0. The van der Waals surface area contributed by atoms with Gasteiger partial charge in [0.1, 0.15) is 0 Å². The summed E-state index contributed by atoms with van der Waals surface area (Å²) in [5.74, 6) is 4.91. The first-order chi connectivity index (χ1) is 8.67. The van der Waals surface area contributed by atoms with E-state index in [0.717, 1.165) is 24.0 Å². The lowest BCUT2D eigenvalue weighted by Gasteiger charge is -2.14. The number of hydrogen-bond donors (Lipinski definition) is 2. The summed E-state index contributed by atoms with van der Waals surface area (Å²) in [5, 5.41) is 0. The third-order valence-corrected chi connectivity index (χ3v) is 2.85. The zero-order valence-corrected chi connectivity index (χ0v) is 11.1.